The lowest BCUT2D eigenvalue weighted by Gasteiger charge is -2.37. The standard InChI is InChI=1S/C16H20N4O3/c1-23-11-6-18-13-14(16(22)15(13)21)20-9-7-19(8-10-20)12-4-2-3-5-17-12/h2-5,18H,6-11H2,1H3. The molecule has 0 spiro atoms. The number of nitrogens with zero attached hydrogens (tertiary/aromatic N) is 3. The van der Waals surface area contributed by atoms with E-state index < -0.39 is 10.9 Å². The van der Waals surface area contributed by atoms with Crippen LogP contribution in [0.1, 0.15) is 0 Å². The van der Waals surface area contributed by atoms with Crippen LogP contribution in [-0.4, -0.2) is 51.4 Å². The summed E-state index contributed by atoms with van der Waals surface area (Å²) in [5.41, 5.74) is 0.129. The lowest BCUT2D eigenvalue weighted by atomic mass is 10.1. The van der Waals surface area contributed by atoms with Crippen molar-refractivity contribution in [1.29, 1.82) is 0 Å². The van der Waals surface area contributed by atoms with E-state index in [1.165, 1.54) is 0 Å². The molecular formula is C16H20N4O3. The highest BCUT2D eigenvalue weighted by Gasteiger charge is 2.28. The molecule has 0 saturated carbocycles. The Morgan fingerprint density at radius 1 is 1.13 bits per heavy atom. The molecular weight excluding hydrogens is 296 g/mol. The molecule has 1 aromatic heterocycles. The van der Waals surface area contributed by atoms with Gasteiger partial charge in [-0.2, -0.15) is 0 Å². The van der Waals surface area contributed by atoms with E-state index in [1.54, 1.807) is 13.3 Å². The Morgan fingerprint density at radius 2 is 1.87 bits per heavy atom. The fraction of sp³-hybridized carbons (Fsp3) is 0.438. The number of ether oxygens (including phenoxy) is 1. The largest absolute Gasteiger partial charge is 0.383 e. The molecule has 1 N–H and O–H groups in total. The summed E-state index contributed by atoms with van der Waals surface area (Å²) in [6.45, 7) is 3.94. The normalized spacial score (nSPS) is 15.2. The van der Waals surface area contributed by atoms with Crippen LogP contribution < -0.4 is 26.0 Å². The molecule has 1 saturated heterocycles. The summed E-state index contributed by atoms with van der Waals surface area (Å²) >= 11 is 0. The summed E-state index contributed by atoms with van der Waals surface area (Å²) < 4.78 is 4.96. The second-order valence-corrected chi connectivity index (χ2v) is 5.46. The number of aromatic nitrogens is 1. The third-order valence-electron chi connectivity index (χ3n) is 4.06. The van der Waals surface area contributed by atoms with Crippen LogP contribution in [0.2, 0.25) is 0 Å². The molecule has 1 aromatic carbocycles. The van der Waals surface area contributed by atoms with Crippen molar-refractivity contribution in [2.45, 2.75) is 0 Å². The van der Waals surface area contributed by atoms with E-state index in [-0.39, 0.29) is 0 Å². The second kappa shape index (κ2) is 6.78. The number of hydrogen-bond acceptors (Lipinski definition) is 7. The molecule has 0 aliphatic carbocycles. The molecule has 0 unspecified atom stereocenters. The summed E-state index contributed by atoms with van der Waals surface area (Å²) in [6.07, 6.45) is 1.77. The molecule has 3 rings (SSSR count). The van der Waals surface area contributed by atoms with Crippen molar-refractivity contribution in [1.82, 2.24) is 4.98 Å². The first-order valence-corrected chi connectivity index (χ1v) is 7.69. The average molecular weight is 316 g/mol. The van der Waals surface area contributed by atoms with E-state index in [0.29, 0.717) is 37.6 Å². The highest BCUT2D eigenvalue weighted by atomic mass is 16.5. The van der Waals surface area contributed by atoms with Crippen LogP contribution >= 0.6 is 0 Å². The third kappa shape index (κ3) is 3.05. The Morgan fingerprint density at radius 3 is 2.52 bits per heavy atom. The molecule has 1 fully saturated rings. The summed E-state index contributed by atoms with van der Waals surface area (Å²) in [5.74, 6) is 0.940. The van der Waals surface area contributed by atoms with Crippen molar-refractivity contribution in [2.75, 3.05) is 61.6 Å². The first-order chi connectivity index (χ1) is 11.2. The number of hydrogen-bond donors (Lipinski definition) is 1. The minimum atomic E-state index is -0.428. The quantitative estimate of drug-likeness (QED) is 0.597. The zero-order valence-corrected chi connectivity index (χ0v) is 13.1. The highest BCUT2D eigenvalue weighted by Crippen LogP contribution is 2.22. The Hall–Kier alpha value is -2.41. The van der Waals surface area contributed by atoms with Crippen LogP contribution in [-0.2, 0) is 4.74 Å². The first kappa shape index (κ1) is 15.5. The Balaban J connectivity index is 1.65. The zero-order valence-electron chi connectivity index (χ0n) is 13.1. The molecule has 1 aliphatic heterocycles. The maximum absolute atomic E-state index is 11.9. The number of methoxy groups -OCH3 is 1. The van der Waals surface area contributed by atoms with Gasteiger partial charge in [-0.1, -0.05) is 6.07 Å². The van der Waals surface area contributed by atoms with Crippen molar-refractivity contribution in [3.8, 4) is 0 Å². The van der Waals surface area contributed by atoms with Crippen molar-refractivity contribution in [2.24, 2.45) is 0 Å². The molecule has 2 aromatic rings. The number of piperazine rings is 1. The van der Waals surface area contributed by atoms with Gasteiger partial charge in [0.25, 0.3) is 10.9 Å². The van der Waals surface area contributed by atoms with Crippen molar-refractivity contribution in [3.05, 3.63) is 44.8 Å². The zero-order chi connectivity index (χ0) is 16.2. The fourth-order valence-electron chi connectivity index (χ4n) is 2.82. The SMILES string of the molecule is COCCNc1c(N2CCN(c3ccccn3)CC2)c(=O)c1=O. The minimum Gasteiger partial charge on any atom is -0.383 e. The first-order valence-electron chi connectivity index (χ1n) is 7.69. The van der Waals surface area contributed by atoms with Gasteiger partial charge in [-0.05, 0) is 12.1 Å². The van der Waals surface area contributed by atoms with Gasteiger partial charge in [-0.25, -0.2) is 4.98 Å². The molecule has 0 bridgehead atoms. The van der Waals surface area contributed by atoms with Gasteiger partial charge in [0, 0.05) is 46.0 Å². The summed E-state index contributed by atoms with van der Waals surface area (Å²) in [7, 11) is 1.60. The Kier molecular flexibility index (Phi) is 4.57. The van der Waals surface area contributed by atoms with Crippen molar-refractivity contribution < 1.29 is 4.74 Å². The molecule has 7 heteroatoms. The molecule has 0 amide bonds. The number of pyridine rings is 1. The predicted molar refractivity (Wildman–Crippen MR) is 90.4 cm³/mol. The molecule has 2 heterocycles. The lowest BCUT2D eigenvalue weighted by Crippen LogP contribution is -2.52. The Bertz CT molecular complexity index is 717. The van der Waals surface area contributed by atoms with Crippen LogP contribution in [0.4, 0.5) is 17.2 Å². The van der Waals surface area contributed by atoms with Crippen LogP contribution in [0.25, 0.3) is 0 Å². The van der Waals surface area contributed by atoms with E-state index >= 15 is 0 Å². The van der Waals surface area contributed by atoms with Gasteiger partial charge in [-0.15, -0.1) is 0 Å². The summed E-state index contributed by atoms with van der Waals surface area (Å²) in [6, 6.07) is 5.83. The molecule has 0 radical (unpaired) electrons. The van der Waals surface area contributed by atoms with E-state index in [0.717, 1.165) is 18.9 Å². The average Bonchev–Trinajstić information content (AvgIpc) is 2.61. The third-order valence-corrected chi connectivity index (χ3v) is 4.06. The maximum Gasteiger partial charge on any atom is 0.253 e. The monoisotopic (exact) mass is 316 g/mol. The van der Waals surface area contributed by atoms with Gasteiger partial charge in [-0.3, -0.25) is 9.59 Å². The predicted octanol–water partition coefficient (Wildman–Crippen LogP) is 0.0625. The molecule has 1 aliphatic rings. The van der Waals surface area contributed by atoms with Gasteiger partial charge in [0.2, 0.25) is 0 Å². The molecule has 23 heavy (non-hydrogen) atoms. The second-order valence-electron chi connectivity index (χ2n) is 5.46. The van der Waals surface area contributed by atoms with Gasteiger partial charge in [0.15, 0.2) is 0 Å². The maximum atomic E-state index is 11.9. The number of anilines is 3. The van der Waals surface area contributed by atoms with Gasteiger partial charge in [0.05, 0.1) is 6.61 Å². The van der Waals surface area contributed by atoms with E-state index in [9.17, 15) is 9.59 Å². The van der Waals surface area contributed by atoms with Gasteiger partial charge in [0.1, 0.15) is 17.2 Å². The van der Waals surface area contributed by atoms with Crippen LogP contribution in [0.15, 0.2) is 34.0 Å². The van der Waals surface area contributed by atoms with E-state index in [4.69, 9.17) is 4.74 Å². The number of rotatable bonds is 6. The molecule has 122 valence electrons. The summed E-state index contributed by atoms with van der Waals surface area (Å²) in [5, 5.41) is 3.01. The van der Waals surface area contributed by atoms with E-state index in [1.807, 2.05) is 23.1 Å². The van der Waals surface area contributed by atoms with Crippen molar-refractivity contribution >= 4 is 17.2 Å². The smallest absolute Gasteiger partial charge is 0.253 e. The van der Waals surface area contributed by atoms with E-state index in [2.05, 4.69) is 15.2 Å². The highest BCUT2D eigenvalue weighted by molar-refractivity contribution is 5.75. The molecule has 7 nitrogen and oxygen atoms in total. The number of nitrogens with one attached hydrogen (secondary N) is 1. The van der Waals surface area contributed by atoms with Gasteiger partial charge < -0.3 is 19.9 Å². The van der Waals surface area contributed by atoms with Gasteiger partial charge >= 0.3 is 0 Å². The summed E-state index contributed by atoms with van der Waals surface area (Å²) in [4.78, 5) is 32.2. The van der Waals surface area contributed by atoms with Crippen molar-refractivity contribution in [3.63, 3.8) is 0 Å². The minimum absolute atomic E-state index is 0.392. The fourth-order valence-corrected chi connectivity index (χ4v) is 2.82. The van der Waals surface area contributed by atoms with Crippen LogP contribution in [0.5, 0.6) is 0 Å². The Labute approximate surface area is 134 Å². The topological polar surface area (TPSA) is 74.8 Å². The van der Waals surface area contributed by atoms with Crippen LogP contribution in [0.3, 0.4) is 0 Å². The lowest BCUT2D eigenvalue weighted by molar-refractivity contribution is 0.210. The van der Waals surface area contributed by atoms with Crippen LogP contribution in [0, 0.1) is 0 Å². The molecule has 0 atom stereocenters.